The van der Waals surface area contributed by atoms with E-state index in [4.69, 9.17) is 0 Å². The molecule has 4 rings (SSSR count). The van der Waals surface area contributed by atoms with E-state index in [2.05, 4.69) is 85.9 Å². The van der Waals surface area contributed by atoms with Gasteiger partial charge in [0.25, 0.3) is 0 Å². The van der Waals surface area contributed by atoms with Crippen molar-refractivity contribution in [3.8, 4) is 5.75 Å². The van der Waals surface area contributed by atoms with Gasteiger partial charge in [0.05, 0.1) is 19.2 Å². The van der Waals surface area contributed by atoms with Gasteiger partial charge in [-0.2, -0.15) is 5.10 Å². The Balaban J connectivity index is 1.74. The zero-order valence-corrected chi connectivity index (χ0v) is 18.6. The van der Waals surface area contributed by atoms with E-state index >= 15 is 0 Å². The van der Waals surface area contributed by atoms with Crippen LogP contribution in [0, 0.1) is 13.1 Å². The molecule has 2 aliphatic heterocycles. The molecule has 0 saturated heterocycles. The van der Waals surface area contributed by atoms with E-state index < -0.39 is 0 Å². The quantitative estimate of drug-likeness (QED) is 0.362. The molecule has 3 atom stereocenters. The Morgan fingerprint density at radius 3 is 2.65 bits per heavy atom. The maximum Gasteiger partial charge on any atom is 0.142 e. The summed E-state index contributed by atoms with van der Waals surface area (Å²) in [5.74, 6) is 0.617. The van der Waals surface area contributed by atoms with E-state index in [-0.39, 0.29) is 18.0 Å². The predicted molar refractivity (Wildman–Crippen MR) is 122 cm³/mol. The largest absolute Gasteiger partial charge is 0.506 e. The minimum Gasteiger partial charge on any atom is -0.506 e. The van der Waals surface area contributed by atoms with Crippen molar-refractivity contribution >= 4 is 51.4 Å². The summed E-state index contributed by atoms with van der Waals surface area (Å²) in [5, 5.41) is 18.0. The van der Waals surface area contributed by atoms with Crippen molar-refractivity contribution in [3.05, 3.63) is 60.4 Å². The number of hydrogen-bond donors (Lipinski definition) is 3. The third-order valence-electron chi connectivity index (χ3n) is 5.44. The van der Waals surface area contributed by atoms with E-state index in [9.17, 15) is 5.11 Å². The summed E-state index contributed by atoms with van der Waals surface area (Å²) in [6, 6.07) is 4.54. The van der Waals surface area contributed by atoms with Crippen LogP contribution in [-0.4, -0.2) is 17.4 Å². The first-order valence-electron chi connectivity index (χ1n) is 8.87. The molecule has 2 heterocycles. The Bertz CT molecular complexity index is 820. The molecule has 1 aromatic carbocycles. The van der Waals surface area contributed by atoms with Gasteiger partial charge in [-0.15, -0.1) is 6.58 Å². The topological polar surface area (TPSA) is 56.7 Å². The monoisotopic (exact) mass is 573 g/mol. The minimum absolute atomic E-state index is 0.158. The lowest BCUT2D eigenvalue weighted by Crippen LogP contribution is -2.33. The Morgan fingerprint density at radius 1 is 1.19 bits per heavy atom. The van der Waals surface area contributed by atoms with Crippen LogP contribution < -0.4 is 10.7 Å². The van der Waals surface area contributed by atoms with Gasteiger partial charge < -0.3 is 15.8 Å². The van der Waals surface area contributed by atoms with Crippen molar-refractivity contribution in [1.82, 2.24) is 10.7 Å². The average Bonchev–Trinajstić information content (AvgIpc) is 3.13. The fourth-order valence-electron chi connectivity index (χ4n) is 4.14. The summed E-state index contributed by atoms with van der Waals surface area (Å²) in [5.41, 5.74) is 8.70. The van der Waals surface area contributed by atoms with Crippen molar-refractivity contribution in [1.29, 1.82) is 0 Å². The Labute approximate surface area is 181 Å². The van der Waals surface area contributed by atoms with Crippen molar-refractivity contribution < 1.29 is 5.11 Å². The number of nitrogens with zero attached hydrogens (tertiary/aromatic N) is 1. The minimum atomic E-state index is 0.158. The first-order valence-corrected chi connectivity index (χ1v) is 11.0. The van der Waals surface area contributed by atoms with E-state index in [0.29, 0.717) is 5.75 Å². The number of nitrogens with one attached hydrogen (secondary N) is 2. The first kappa shape index (κ1) is 18.3. The van der Waals surface area contributed by atoms with E-state index in [1.54, 1.807) is 0 Å². The Morgan fingerprint density at radius 2 is 1.92 bits per heavy atom. The van der Waals surface area contributed by atoms with Gasteiger partial charge in [0, 0.05) is 18.3 Å². The molecule has 136 valence electrons. The second-order valence-corrected chi connectivity index (χ2v) is 9.26. The molecule has 0 amide bonds. The Kier molecular flexibility index (Phi) is 5.31. The number of rotatable bonds is 3. The molecule has 1 aliphatic carbocycles. The zero-order chi connectivity index (χ0) is 18.3. The maximum atomic E-state index is 10.1. The molecule has 6 heteroatoms. The van der Waals surface area contributed by atoms with Gasteiger partial charge in [0.2, 0.25) is 0 Å². The lowest BCUT2D eigenvalue weighted by atomic mass is 9.75. The number of phenolic OH excluding ortho intramolecular Hbond substituents is 1. The lowest BCUT2D eigenvalue weighted by molar-refractivity contribution is 0.466. The van der Waals surface area contributed by atoms with Crippen LogP contribution >= 0.6 is 45.2 Å². The number of hydrazone groups is 1. The number of aromatic hydroxyl groups is 1. The number of allylic oxidation sites excluding steroid dienone is 1. The summed E-state index contributed by atoms with van der Waals surface area (Å²) in [6.07, 6.45) is 10.8. The average molecular weight is 573 g/mol. The number of benzene rings is 1. The van der Waals surface area contributed by atoms with Gasteiger partial charge in [-0.25, -0.2) is 0 Å². The molecule has 0 aromatic heterocycles. The molecule has 3 aliphatic rings. The van der Waals surface area contributed by atoms with Crippen LogP contribution in [0.25, 0.3) is 0 Å². The maximum absolute atomic E-state index is 10.1. The second-order valence-electron chi connectivity index (χ2n) is 6.94. The molecule has 1 aromatic rings. The van der Waals surface area contributed by atoms with Crippen LogP contribution in [0.15, 0.2) is 52.8 Å². The molecule has 4 nitrogen and oxygen atoms in total. The number of dihydropyridines is 1. The SMILES string of the molecule is C=CC1NN=CC1C1=CNC(c2cc(I)c(O)c(I)c2)C2=C1CCCC2. The molecule has 0 fully saturated rings. The smallest absolute Gasteiger partial charge is 0.142 e. The summed E-state index contributed by atoms with van der Waals surface area (Å²) < 4.78 is 1.80. The highest BCUT2D eigenvalue weighted by molar-refractivity contribution is 14.1. The lowest BCUT2D eigenvalue weighted by Gasteiger charge is -2.36. The van der Waals surface area contributed by atoms with Crippen LogP contribution in [0.1, 0.15) is 37.3 Å². The molecule has 0 radical (unpaired) electrons. The van der Waals surface area contributed by atoms with E-state index in [0.717, 1.165) is 20.0 Å². The highest BCUT2D eigenvalue weighted by Crippen LogP contribution is 2.43. The summed E-state index contributed by atoms with van der Waals surface area (Å²) >= 11 is 4.42. The zero-order valence-electron chi connectivity index (χ0n) is 14.3. The molecule has 3 N–H and O–H groups in total. The van der Waals surface area contributed by atoms with Crippen molar-refractivity contribution in [3.63, 3.8) is 0 Å². The first-order chi connectivity index (χ1) is 12.6. The molecule has 26 heavy (non-hydrogen) atoms. The molecule has 0 bridgehead atoms. The van der Waals surface area contributed by atoms with Gasteiger partial charge in [-0.3, -0.25) is 0 Å². The summed E-state index contributed by atoms with van der Waals surface area (Å²) in [7, 11) is 0. The number of hydrogen-bond acceptors (Lipinski definition) is 4. The van der Waals surface area contributed by atoms with Crippen molar-refractivity contribution in [2.75, 3.05) is 0 Å². The second kappa shape index (κ2) is 7.53. The van der Waals surface area contributed by atoms with Gasteiger partial charge in [0.1, 0.15) is 5.75 Å². The normalized spacial score (nSPS) is 27.5. The molecule has 3 unspecified atom stereocenters. The molecule has 0 spiro atoms. The van der Waals surface area contributed by atoms with E-state index in [1.807, 2.05) is 12.3 Å². The third-order valence-corrected chi connectivity index (χ3v) is 7.09. The molecular weight excluding hydrogens is 552 g/mol. The van der Waals surface area contributed by atoms with Gasteiger partial charge in [0.15, 0.2) is 0 Å². The van der Waals surface area contributed by atoms with Gasteiger partial charge in [-0.05, 0) is 105 Å². The highest BCUT2D eigenvalue weighted by atomic mass is 127. The number of halogens is 2. The van der Waals surface area contributed by atoms with Crippen molar-refractivity contribution in [2.24, 2.45) is 11.0 Å². The highest BCUT2D eigenvalue weighted by Gasteiger charge is 2.34. The standard InChI is InChI=1S/C20H21I2N3O/c1-2-18-15(10-24-25-18)14-9-23-19(13-6-4-3-5-12(13)14)11-7-16(21)20(26)17(22)8-11/h2,7-10,15,18-19,23,25-26H,1,3-6H2. The summed E-state index contributed by atoms with van der Waals surface area (Å²) in [6.45, 7) is 3.95. The van der Waals surface area contributed by atoms with Crippen LogP contribution in [0.3, 0.4) is 0 Å². The fourth-order valence-corrected chi connectivity index (χ4v) is 5.96. The van der Waals surface area contributed by atoms with E-state index in [1.165, 1.54) is 35.1 Å². The van der Waals surface area contributed by atoms with Crippen LogP contribution in [-0.2, 0) is 0 Å². The van der Waals surface area contributed by atoms with Crippen molar-refractivity contribution in [2.45, 2.75) is 37.8 Å². The predicted octanol–water partition coefficient (Wildman–Crippen LogP) is 4.76. The molecule has 0 saturated carbocycles. The number of phenols is 1. The van der Waals surface area contributed by atoms with Gasteiger partial charge >= 0.3 is 0 Å². The van der Waals surface area contributed by atoms with Crippen LogP contribution in [0.2, 0.25) is 0 Å². The molecular formula is C20H21I2N3O. The van der Waals surface area contributed by atoms with Crippen LogP contribution in [0.4, 0.5) is 0 Å². The Hall–Kier alpha value is -1.03. The van der Waals surface area contributed by atoms with Crippen LogP contribution in [0.5, 0.6) is 5.75 Å². The summed E-state index contributed by atoms with van der Waals surface area (Å²) in [4.78, 5) is 0. The van der Waals surface area contributed by atoms with Gasteiger partial charge in [-0.1, -0.05) is 6.08 Å². The fraction of sp³-hybridized carbons (Fsp3) is 0.350. The third kappa shape index (κ3) is 3.19.